The van der Waals surface area contributed by atoms with Crippen LogP contribution in [-0.4, -0.2) is 59.0 Å². The Hall–Kier alpha value is -1.10. The first kappa shape index (κ1) is 18.9. The minimum Gasteiger partial charge on any atom is -0.480 e. The largest absolute Gasteiger partial charge is 0.480 e. The van der Waals surface area contributed by atoms with Gasteiger partial charge in [-0.1, -0.05) is 26.7 Å². The summed E-state index contributed by atoms with van der Waals surface area (Å²) in [5, 5.41) is 9.18. The molecule has 118 valence electrons. The maximum atomic E-state index is 12.3. The van der Waals surface area contributed by atoms with Gasteiger partial charge in [-0.3, -0.25) is 14.5 Å². The summed E-state index contributed by atoms with van der Waals surface area (Å²) in [4.78, 5) is 27.0. The number of likely N-dealkylation sites (N-methyl/N-ethyl adjacent to an activating group) is 1. The van der Waals surface area contributed by atoms with Crippen molar-refractivity contribution in [1.29, 1.82) is 0 Å². The topological polar surface area (TPSA) is 60.9 Å². The van der Waals surface area contributed by atoms with Gasteiger partial charge in [-0.15, -0.1) is 0 Å². The van der Waals surface area contributed by atoms with E-state index in [0.29, 0.717) is 0 Å². The van der Waals surface area contributed by atoms with Crippen molar-refractivity contribution in [3.8, 4) is 0 Å². The normalized spacial score (nSPS) is 11.7. The van der Waals surface area contributed by atoms with Crippen LogP contribution in [0.25, 0.3) is 0 Å². The zero-order valence-electron chi connectivity index (χ0n) is 13.6. The molecule has 0 saturated carbocycles. The maximum absolute atomic E-state index is 12.3. The minimum atomic E-state index is -1.03. The van der Waals surface area contributed by atoms with E-state index in [2.05, 4.69) is 13.8 Å². The van der Waals surface area contributed by atoms with Crippen LogP contribution in [0.15, 0.2) is 0 Å². The molecule has 1 N–H and O–H groups in total. The van der Waals surface area contributed by atoms with Crippen molar-refractivity contribution in [2.45, 2.75) is 58.9 Å². The Balaban J connectivity index is 4.61. The molecule has 5 heteroatoms. The van der Waals surface area contributed by atoms with Gasteiger partial charge in [0, 0.05) is 13.1 Å². The van der Waals surface area contributed by atoms with Gasteiger partial charge in [0.1, 0.15) is 5.54 Å². The van der Waals surface area contributed by atoms with E-state index in [1.54, 1.807) is 25.8 Å². The quantitative estimate of drug-likeness (QED) is 0.669. The van der Waals surface area contributed by atoms with E-state index < -0.39 is 11.5 Å². The number of hydrogen-bond acceptors (Lipinski definition) is 3. The van der Waals surface area contributed by atoms with Gasteiger partial charge in [0.25, 0.3) is 0 Å². The van der Waals surface area contributed by atoms with E-state index in [0.717, 1.165) is 38.8 Å². The van der Waals surface area contributed by atoms with Gasteiger partial charge in [0.15, 0.2) is 0 Å². The summed E-state index contributed by atoms with van der Waals surface area (Å²) in [7, 11) is 1.68. The summed E-state index contributed by atoms with van der Waals surface area (Å²) >= 11 is 0. The molecular formula is C15H30N2O3. The number of carbonyl (C=O) groups is 2. The highest BCUT2D eigenvalue weighted by Crippen LogP contribution is 2.13. The smallest absolute Gasteiger partial charge is 0.323 e. The molecule has 0 saturated heterocycles. The van der Waals surface area contributed by atoms with Gasteiger partial charge in [0.2, 0.25) is 5.91 Å². The standard InChI is InChI=1S/C15H30N2O3/c1-6-8-10-17(11-9-7-2)13(18)12-16(5)15(3,4)14(19)20/h6-12H2,1-5H3,(H,19,20). The van der Waals surface area contributed by atoms with E-state index in [1.807, 2.05) is 4.90 Å². The Labute approximate surface area is 122 Å². The molecule has 0 aliphatic heterocycles. The minimum absolute atomic E-state index is 0.0173. The molecule has 5 nitrogen and oxygen atoms in total. The monoisotopic (exact) mass is 286 g/mol. The highest BCUT2D eigenvalue weighted by Gasteiger charge is 2.33. The van der Waals surface area contributed by atoms with Crippen LogP contribution in [0.5, 0.6) is 0 Å². The van der Waals surface area contributed by atoms with Crippen LogP contribution < -0.4 is 0 Å². The number of carboxylic acid groups (broad SMARTS) is 1. The summed E-state index contributed by atoms with van der Waals surface area (Å²) in [6, 6.07) is 0. The average molecular weight is 286 g/mol. The summed E-state index contributed by atoms with van der Waals surface area (Å²) in [5.74, 6) is -0.898. The average Bonchev–Trinajstić information content (AvgIpc) is 2.38. The molecule has 20 heavy (non-hydrogen) atoms. The molecule has 0 aromatic heterocycles. The lowest BCUT2D eigenvalue weighted by molar-refractivity contribution is -0.150. The number of nitrogens with zero attached hydrogens (tertiary/aromatic N) is 2. The molecule has 0 aliphatic rings. The zero-order valence-corrected chi connectivity index (χ0v) is 13.6. The first-order chi connectivity index (χ1) is 9.27. The van der Waals surface area contributed by atoms with E-state index in [-0.39, 0.29) is 12.5 Å². The van der Waals surface area contributed by atoms with Crippen LogP contribution in [0, 0.1) is 0 Å². The zero-order chi connectivity index (χ0) is 15.8. The van der Waals surface area contributed by atoms with Gasteiger partial charge in [-0.2, -0.15) is 0 Å². The molecule has 0 aromatic rings. The Morgan fingerprint density at radius 2 is 1.50 bits per heavy atom. The van der Waals surface area contributed by atoms with Crippen LogP contribution in [0.4, 0.5) is 0 Å². The van der Waals surface area contributed by atoms with E-state index in [9.17, 15) is 14.7 Å². The first-order valence-electron chi connectivity index (χ1n) is 7.49. The predicted molar refractivity (Wildman–Crippen MR) is 80.7 cm³/mol. The molecule has 0 spiro atoms. The highest BCUT2D eigenvalue weighted by molar-refractivity contribution is 5.81. The number of rotatable bonds is 10. The molecule has 0 atom stereocenters. The molecule has 0 unspecified atom stereocenters. The first-order valence-corrected chi connectivity index (χ1v) is 7.49. The van der Waals surface area contributed by atoms with E-state index in [4.69, 9.17) is 0 Å². The van der Waals surface area contributed by atoms with Crippen molar-refractivity contribution in [2.24, 2.45) is 0 Å². The van der Waals surface area contributed by atoms with Gasteiger partial charge in [0.05, 0.1) is 6.54 Å². The molecule has 0 rings (SSSR count). The fourth-order valence-corrected chi connectivity index (χ4v) is 1.72. The molecule has 0 bridgehead atoms. The predicted octanol–water partition coefficient (Wildman–Crippen LogP) is 2.21. The number of amides is 1. The Bertz CT molecular complexity index is 308. The summed E-state index contributed by atoms with van der Waals surface area (Å²) in [5.41, 5.74) is -1.03. The highest BCUT2D eigenvalue weighted by atomic mass is 16.4. The lowest BCUT2D eigenvalue weighted by atomic mass is 10.0. The second-order valence-corrected chi connectivity index (χ2v) is 5.81. The Kier molecular flexibility index (Phi) is 8.46. The second kappa shape index (κ2) is 8.95. The maximum Gasteiger partial charge on any atom is 0.323 e. The number of aliphatic carboxylic acids is 1. The number of carbonyl (C=O) groups excluding carboxylic acids is 1. The number of unbranched alkanes of at least 4 members (excludes halogenated alkanes) is 2. The van der Waals surface area contributed by atoms with E-state index in [1.165, 1.54) is 0 Å². The van der Waals surface area contributed by atoms with Crippen LogP contribution in [0.3, 0.4) is 0 Å². The molecule has 0 heterocycles. The molecule has 0 aliphatic carbocycles. The fourth-order valence-electron chi connectivity index (χ4n) is 1.72. The van der Waals surface area contributed by atoms with Crippen LogP contribution >= 0.6 is 0 Å². The van der Waals surface area contributed by atoms with Gasteiger partial charge in [-0.25, -0.2) is 0 Å². The molecule has 0 radical (unpaired) electrons. The van der Waals surface area contributed by atoms with Gasteiger partial charge in [-0.05, 0) is 33.7 Å². The number of hydrogen-bond donors (Lipinski definition) is 1. The van der Waals surface area contributed by atoms with Gasteiger partial charge >= 0.3 is 5.97 Å². The Morgan fingerprint density at radius 1 is 1.05 bits per heavy atom. The SMILES string of the molecule is CCCCN(CCCC)C(=O)CN(C)C(C)(C)C(=O)O. The summed E-state index contributed by atoms with van der Waals surface area (Å²) < 4.78 is 0. The van der Waals surface area contributed by atoms with Crippen molar-refractivity contribution in [3.63, 3.8) is 0 Å². The third kappa shape index (κ3) is 5.90. The van der Waals surface area contributed by atoms with Crippen molar-refractivity contribution in [3.05, 3.63) is 0 Å². The van der Waals surface area contributed by atoms with Crippen LogP contribution in [0.1, 0.15) is 53.4 Å². The van der Waals surface area contributed by atoms with Crippen LogP contribution in [0.2, 0.25) is 0 Å². The third-order valence-electron chi connectivity index (χ3n) is 3.77. The lowest BCUT2D eigenvalue weighted by Crippen LogP contribution is -2.52. The van der Waals surface area contributed by atoms with Crippen molar-refractivity contribution in [1.82, 2.24) is 9.80 Å². The van der Waals surface area contributed by atoms with Crippen LogP contribution in [-0.2, 0) is 9.59 Å². The lowest BCUT2D eigenvalue weighted by Gasteiger charge is -2.33. The summed E-state index contributed by atoms with van der Waals surface area (Å²) in [6.07, 6.45) is 4.07. The molecule has 1 amide bonds. The molecular weight excluding hydrogens is 256 g/mol. The second-order valence-electron chi connectivity index (χ2n) is 5.81. The summed E-state index contributed by atoms with van der Waals surface area (Å²) in [6.45, 7) is 9.10. The number of carboxylic acids is 1. The third-order valence-corrected chi connectivity index (χ3v) is 3.77. The molecule has 0 fully saturated rings. The van der Waals surface area contributed by atoms with Crippen molar-refractivity contribution < 1.29 is 14.7 Å². The van der Waals surface area contributed by atoms with Crippen molar-refractivity contribution in [2.75, 3.05) is 26.7 Å². The fraction of sp³-hybridized carbons (Fsp3) is 0.867. The Morgan fingerprint density at radius 3 is 1.85 bits per heavy atom. The van der Waals surface area contributed by atoms with Crippen molar-refractivity contribution >= 4 is 11.9 Å². The van der Waals surface area contributed by atoms with E-state index >= 15 is 0 Å². The molecule has 0 aromatic carbocycles. The van der Waals surface area contributed by atoms with Gasteiger partial charge < -0.3 is 10.0 Å².